The largest absolute Gasteiger partial charge is 0.313 e. The third kappa shape index (κ3) is 3.43. The topological polar surface area (TPSA) is 24.9 Å². The van der Waals surface area contributed by atoms with Crippen LogP contribution in [0.3, 0.4) is 0 Å². The summed E-state index contributed by atoms with van der Waals surface area (Å²) in [6.45, 7) is 4.21. The van der Waals surface area contributed by atoms with Crippen molar-refractivity contribution in [3.8, 4) is 0 Å². The molecule has 0 aliphatic carbocycles. The predicted molar refractivity (Wildman–Crippen MR) is 83.4 cm³/mol. The Kier molecular flexibility index (Phi) is 4.72. The third-order valence-electron chi connectivity index (χ3n) is 3.40. The third-order valence-corrected chi connectivity index (χ3v) is 4.08. The molecule has 0 radical (unpaired) electrons. The summed E-state index contributed by atoms with van der Waals surface area (Å²) in [6, 6.07) is 10.8. The molecule has 0 fully saturated rings. The monoisotopic (exact) mass is 318 g/mol. The van der Waals surface area contributed by atoms with Crippen molar-refractivity contribution in [1.82, 2.24) is 10.3 Å². The fourth-order valence-corrected chi connectivity index (χ4v) is 2.98. The second kappa shape index (κ2) is 6.31. The van der Waals surface area contributed by atoms with Gasteiger partial charge in [-0.3, -0.25) is 4.98 Å². The maximum Gasteiger partial charge on any atom is 0.0451 e. The fourth-order valence-electron chi connectivity index (χ4n) is 2.21. The molecule has 0 aliphatic rings. The average molecular weight is 319 g/mol. The first-order valence-corrected chi connectivity index (χ1v) is 7.25. The van der Waals surface area contributed by atoms with Gasteiger partial charge in [-0.05, 0) is 49.7 Å². The van der Waals surface area contributed by atoms with Gasteiger partial charge >= 0.3 is 0 Å². The van der Waals surface area contributed by atoms with Crippen LogP contribution in [0.2, 0.25) is 0 Å². The van der Waals surface area contributed by atoms with Gasteiger partial charge in [0.2, 0.25) is 0 Å². The van der Waals surface area contributed by atoms with Crippen LogP contribution in [0.5, 0.6) is 0 Å². The Morgan fingerprint density at radius 3 is 2.68 bits per heavy atom. The fraction of sp³-hybridized carbons (Fsp3) is 0.312. The van der Waals surface area contributed by atoms with Crippen LogP contribution in [0.15, 0.2) is 41.0 Å². The van der Waals surface area contributed by atoms with Gasteiger partial charge in [0.05, 0.1) is 0 Å². The lowest BCUT2D eigenvalue weighted by molar-refractivity contribution is 0.580. The lowest BCUT2D eigenvalue weighted by Gasteiger charge is -2.19. The van der Waals surface area contributed by atoms with Crippen LogP contribution in [-0.2, 0) is 6.42 Å². The molecule has 19 heavy (non-hydrogen) atoms. The second-order valence-corrected chi connectivity index (χ2v) is 5.69. The van der Waals surface area contributed by atoms with E-state index in [2.05, 4.69) is 64.3 Å². The zero-order valence-corrected chi connectivity index (χ0v) is 13.2. The Bertz CT molecular complexity index is 566. The minimum absolute atomic E-state index is 0.267. The number of nitrogens with one attached hydrogen (secondary N) is 1. The van der Waals surface area contributed by atoms with Gasteiger partial charge in [0, 0.05) is 28.8 Å². The number of likely N-dealkylation sites (N-methyl/N-ethyl adjacent to an activating group) is 1. The normalized spacial score (nSPS) is 12.4. The Morgan fingerprint density at radius 2 is 2.05 bits per heavy atom. The van der Waals surface area contributed by atoms with Crippen molar-refractivity contribution < 1.29 is 0 Å². The van der Waals surface area contributed by atoms with Crippen LogP contribution < -0.4 is 5.32 Å². The van der Waals surface area contributed by atoms with E-state index in [9.17, 15) is 0 Å². The highest BCUT2D eigenvalue weighted by atomic mass is 79.9. The Morgan fingerprint density at radius 1 is 1.26 bits per heavy atom. The SMILES string of the molecule is CNC(Cc1ncccc1C)c1ccc(C)cc1Br. The highest BCUT2D eigenvalue weighted by Gasteiger charge is 2.15. The molecule has 1 atom stereocenters. The molecule has 1 heterocycles. The van der Waals surface area contributed by atoms with E-state index in [1.807, 2.05) is 19.3 Å². The van der Waals surface area contributed by atoms with Crippen molar-refractivity contribution >= 4 is 15.9 Å². The van der Waals surface area contributed by atoms with E-state index in [1.54, 1.807) is 0 Å². The average Bonchev–Trinajstić information content (AvgIpc) is 2.39. The molecule has 0 saturated heterocycles. The highest BCUT2D eigenvalue weighted by Crippen LogP contribution is 2.27. The summed E-state index contributed by atoms with van der Waals surface area (Å²) in [6.07, 6.45) is 2.75. The van der Waals surface area contributed by atoms with Crippen molar-refractivity contribution in [3.63, 3.8) is 0 Å². The lowest BCUT2D eigenvalue weighted by atomic mass is 9.99. The van der Waals surface area contributed by atoms with Crippen molar-refractivity contribution in [1.29, 1.82) is 0 Å². The first-order valence-electron chi connectivity index (χ1n) is 6.45. The summed E-state index contributed by atoms with van der Waals surface area (Å²) in [4.78, 5) is 4.48. The van der Waals surface area contributed by atoms with Crippen molar-refractivity contribution in [2.45, 2.75) is 26.3 Å². The second-order valence-electron chi connectivity index (χ2n) is 4.84. The van der Waals surface area contributed by atoms with Gasteiger partial charge in [-0.2, -0.15) is 0 Å². The summed E-state index contributed by atoms with van der Waals surface area (Å²) < 4.78 is 1.15. The number of aryl methyl sites for hydroxylation is 2. The van der Waals surface area contributed by atoms with E-state index in [4.69, 9.17) is 0 Å². The lowest BCUT2D eigenvalue weighted by Crippen LogP contribution is -2.20. The molecule has 0 saturated carbocycles. The number of nitrogens with zero attached hydrogens (tertiary/aromatic N) is 1. The van der Waals surface area contributed by atoms with Gasteiger partial charge in [-0.25, -0.2) is 0 Å². The minimum Gasteiger partial charge on any atom is -0.313 e. The number of benzene rings is 1. The molecule has 0 amide bonds. The predicted octanol–water partition coefficient (Wildman–Crippen LogP) is 3.96. The van der Waals surface area contributed by atoms with Gasteiger partial charge in [0.25, 0.3) is 0 Å². The van der Waals surface area contributed by atoms with Crippen LogP contribution in [0.4, 0.5) is 0 Å². The molecular formula is C16H19BrN2. The van der Waals surface area contributed by atoms with Crippen molar-refractivity contribution in [2.24, 2.45) is 0 Å². The molecule has 1 aromatic carbocycles. The molecule has 3 heteroatoms. The van der Waals surface area contributed by atoms with Gasteiger partial charge in [-0.15, -0.1) is 0 Å². The van der Waals surface area contributed by atoms with E-state index in [-0.39, 0.29) is 6.04 Å². The first-order chi connectivity index (χ1) is 9.11. The van der Waals surface area contributed by atoms with Gasteiger partial charge < -0.3 is 5.32 Å². The first kappa shape index (κ1) is 14.2. The molecule has 1 aromatic heterocycles. The number of rotatable bonds is 4. The number of aromatic nitrogens is 1. The Hall–Kier alpha value is -1.19. The van der Waals surface area contributed by atoms with E-state index < -0.39 is 0 Å². The molecule has 2 nitrogen and oxygen atoms in total. The maximum absolute atomic E-state index is 4.48. The Balaban J connectivity index is 2.28. The summed E-state index contributed by atoms with van der Waals surface area (Å²) >= 11 is 3.66. The molecule has 0 spiro atoms. The zero-order chi connectivity index (χ0) is 13.8. The van der Waals surface area contributed by atoms with Crippen molar-refractivity contribution in [2.75, 3.05) is 7.05 Å². The van der Waals surface area contributed by atoms with Crippen molar-refractivity contribution in [3.05, 3.63) is 63.4 Å². The van der Waals surface area contributed by atoms with Crippen LogP contribution >= 0.6 is 15.9 Å². The Labute approximate surface area is 123 Å². The molecule has 2 aromatic rings. The highest BCUT2D eigenvalue weighted by molar-refractivity contribution is 9.10. The number of halogens is 1. The van der Waals surface area contributed by atoms with E-state index in [0.29, 0.717) is 0 Å². The quantitative estimate of drug-likeness (QED) is 0.922. The number of hydrogen-bond acceptors (Lipinski definition) is 2. The summed E-state index contributed by atoms with van der Waals surface area (Å²) in [7, 11) is 2.00. The van der Waals surface area contributed by atoms with E-state index in [1.165, 1.54) is 16.7 Å². The van der Waals surface area contributed by atoms with E-state index in [0.717, 1.165) is 16.6 Å². The summed E-state index contributed by atoms with van der Waals surface area (Å²) in [5, 5.41) is 3.38. The van der Waals surface area contributed by atoms with Crippen LogP contribution in [-0.4, -0.2) is 12.0 Å². The maximum atomic E-state index is 4.48. The molecule has 100 valence electrons. The van der Waals surface area contributed by atoms with Crippen LogP contribution in [0.1, 0.15) is 28.4 Å². The summed E-state index contributed by atoms with van der Waals surface area (Å²) in [5.41, 5.74) is 4.93. The molecule has 0 aliphatic heterocycles. The molecule has 2 rings (SSSR count). The van der Waals surface area contributed by atoms with Crippen LogP contribution in [0.25, 0.3) is 0 Å². The van der Waals surface area contributed by atoms with E-state index >= 15 is 0 Å². The zero-order valence-electron chi connectivity index (χ0n) is 11.6. The van der Waals surface area contributed by atoms with Gasteiger partial charge in [0.15, 0.2) is 0 Å². The van der Waals surface area contributed by atoms with Gasteiger partial charge in [0.1, 0.15) is 0 Å². The molecule has 1 unspecified atom stereocenters. The molecular weight excluding hydrogens is 300 g/mol. The smallest absolute Gasteiger partial charge is 0.0451 e. The molecule has 1 N–H and O–H groups in total. The number of hydrogen-bond donors (Lipinski definition) is 1. The minimum atomic E-state index is 0.267. The number of pyridine rings is 1. The van der Waals surface area contributed by atoms with Crippen LogP contribution in [0, 0.1) is 13.8 Å². The summed E-state index contributed by atoms with van der Waals surface area (Å²) in [5.74, 6) is 0. The molecule has 0 bridgehead atoms. The standard InChI is InChI=1S/C16H19BrN2/c1-11-6-7-13(14(17)9-11)16(18-3)10-15-12(2)5-4-8-19-15/h4-9,16,18H,10H2,1-3H3. The van der Waals surface area contributed by atoms with Gasteiger partial charge in [-0.1, -0.05) is 34.1 Å².